The maximum atomic E-state index is 11.8. The molecular formula is C15H24N2O2. The van der Waals surface area contributed by atoms with E-state index in [0.717, 1.165) is 18.4 Å². The molecule has 1 aromatic carbocycles. The zero-order valence-corrected chi connectivity index (χ0v) is 12.0. The molecule has 106 valence electrons. The van der Waals surface area contributed by atoms with E-state index in [1.54, 1.807) is 0 Å². The highest BCUT2D eigenvalue weighted by molar-refractivity contribution is 5.77. The van der Waals surface area contributed by atoms with Crippen LogP contribution in [0.15, 0.2) is 24.3 Å². The number of nitrogens with two attached hydrogens (primary N) is 1. The lowest BCUT2D eigenvalue weighted by molar-refractivity contribution is -0.123. The maximum absolute atomic E-state index is 11.8. The van der Waals surface area contributed by atoms with Gasteiger partial charge in [0.1, 0.15) is 5.75 Å². The van der Waals surface area contributed by atoms with E-state index in [-0.39, 0.29) is 24.6 Å². The summed E-state index contributed by atoms with van der Waals surface area (Å²) >= 11 is 0. The molecule has 4 nitrogen and oxygen atoms in total. The number of rotatable bonds is 7. The summed E-state index contributed by atoms with van der Waals surface area (Å²) in [4.78, 5) is 11.8. The molecule has 0 saturated carbocycles. The fourth-order valence-electron chi connectivity index (χ4n) is 1.89. The molecule has 3 N–H and O–H groups in total. The van der Waals surface area contributed by atoms with Gasteiger partial charge in [0.05, 0.1) is 0 Å². The summed E-state index contributed by atoms with van der Waals surface area (Å²) in [6.07, 6.45) is 1.86. The van der Waals surface area contributed by atoms with Crippen molar-refractivity contribution in [3.05, 3.63) is 29.8 Å². The Morgan fingerprint density at radius 1 is 1.32 bits per heavy atom. The molecule has 0 saturated heterocycles. The third-order valence-corrected chi connectivity index (χ3v) is 3.12. The van der Waals surface area contributed by atoms with Crippen LogP contribution in [-0.2, 0) is 4.79 Å². The first kappa shape index (κ1) is 15.5. The average Bonchev–Trinajstić information content (AvgIpc) is 2.42. The number of para-hydroxylation sites is 1. The van der Waals surface area contributed by atoms with Gasteiger partial charge in [0.15, 0.2) is 6.61 Å². The molecule has 0 radical (unpaired) electrons. The average molecular weight is 264 g/mol. The van der Waals surface area contributed by atoms with Gasteiger partial charge in [-0.2, -0.15) is 0 Å². The summed E-state index contributed by atoms with van der Waals surface area (Å²) in [6.45, 7) is 6.04. The van der Waals surface area contributed by atoms with Gasteiger partial charge in [-0.15, -0.1) is 0 Å². The van der Waals surface area contributed by atoms with Crippen molar-refractivity contribution in [1.82, 2.24) is 5.32 Å². The second-order valence-corrected chi connectivity index (χ2v) is 4.70. The van der Waals surface area contributed by atoms with Crippen molar-refractivity contribution in [1.29, 1.82) is 0 Å². The van der Waals surface area contributed by atoms with E-state index in [2.05, 4.69) is 19.2 Å². The summed E-state index contributed by atoms with van der Waals surface area (Å²) in [7, 11) is 0. The molecule has 19 heavy (non-hydrogen) atoms. The van der Waals surface area contributed by atoms with Crippen molar-refractivity contribution in [3.63, 3.8) is 0 Å². The molecule has 0 heterocycles. The molecular weight excluding hydrogens is 240 g/mol. The number of nitrogens with one attached hydrogen (secondary N) is 1. The van der Waals surface area contributed by atoms with Gasteiger partial charge >= 0.3 is 0 Å². The molecule has 1 amide bonds. The Balaban J connectivity index is 2.55. The Kier molecular flexibility index (Phi) is 6.36. The molecule has 0 aromatic heterocycles. The molecule has 1 atom stereocenters. The molecule has 0 fully saturated rings. The highest BCUT2D eigenvalue weighted by Gasteiger charge is 2.11. The Morgan fingerprint density at radius 2 is 1.95 bits per heavy atom. The van der Waals surface area contributed by atoms with E-state index in [9.17, 15) is 4.79 Å². The van der Waals surface area contributed by atoms with Crippen LogP contribution in [0.2, 0.25) is 0 Å². The van der Waals surface area contributed by atoms with Crippen LogP contribution in [0.5, 0.6) is 5.75 Å². The van der Waals surface area contributed by atoms with Crippen molar-refractivity contribution >= 4 is 5.91 Å². The second-order valence-electron chi connectivity index (χ2n) is 4.70. The van der Waals surface area contributed by atoms with Gasteiger partial charge < -0.3 is 15.8 Å². The summed E-state index contributed by atoms with van der Waals surface area (Å²) in [5, 5.41) is 2.94. The number of carbonyl (C=O) groups is 1. The van der Waals surface area contributed by atoms with Crippen molar-refractivity contribution in [2.45, 2.75) is 45.7 Å². The van der Waals surface area contributed by atoms with Gasteiger partial charge in [0, 0.05) is 17.6 Å². The largest absolute Gasteiger partial charge is 0.483 e. The number of hydrogen-bond donors (Lipinski definition) is 2. The van der Waals surface area contributed by atoms with Crippen LogP contribution in [0.1, 0.15) is 45.2 Å². The topological polar surface area (TPSA) is 64.3 Å². The maximum Gasteiger partial charge on any atom is 0.258 e. The minimum absolute atomic E-state index is 0.0280. The second kappa shape index (κ2) is 7.79. The SMILES string of the molecule is CCC(CC)NC(=O)COc1ccccc1[C@@H](C)N. The first-order valence-corrected chi connectivity index (χ1v) is 6.85. The van der Waals surface area contributed by atoms with Crippen LogP contribution in [0, 0.1) is 0 Å². The Labute approximate surface area is 115 Å². The number of carbonyl (C=O) groups excluding carboxylic acids is 1. The standard InChI is InChI=1S/C15H24N2O2/c1-4-12(5-2)17-15(18)10-19-14-9-7-6-8-13(14)11(3)16/h6-9,11-12H,4-5,10,16H2,1-3H3,(H,17,18)/t11-/m1/s1. The van der Waals surface area contributed by atoms with Gasteiger partial charge in [-0.05, 0) is 25.8 Å². The van der Waals surface area contributed by atoms with E-state index < -0.39 is 0 Å². The third kappa shape index (κ3) is 4.91. The van der Waals surface area contributed by atoms with Crippen molar-refractivity contribution in [3.8, 4) is 5.75 Å². The fourth-order valence-corrected chi connectivity index (χ4v) is 1.89. The van der Waals surface area contributed by atoms with Gasteiger partial charge in [-0.1, -0.05) is 32.0 Å². The van der Waals surface area contributed by atoms with Crippen molar-refractivity contribution < 1.29 is 9.53 Å². The highest BCUT2D eigenvalue weighted by Crippen LogP contribution is 2.22. The Morgan fingerprint density at radius 3 is 2.53 bits per heavy atom. The summed E-state index contributed by atoms with van der Waals surface area (Å²) < 4.78 is 5.56. The minimum atomic E-state index is -0.113. The van der Waals surface area contributed by atoms with Crippen LogP contribution < -0.4 is 15.8 Å². The molecule has 0 aliphatic rings. The number of benzene rings is 1. The third-order valence-electron chi connectivity index (χ3n) is 3.12. The van der Waals surface area contributed by atoms with E-state index in [4.69, 9.17) is 10.5 Å². The number of ether oxygens (including phenoxy) is 1. The lowest BCUT2D eigenvalue weighted by Crippen LogP contribution is -2.37. The van der Waals surface area contributed by atoms with Crippen LogP contribution in [0.4, 0.5) is 0 Å². The Hall–Kier alpha value is -1.55. The van der Waals surface area contributed by atoms with Crippen LogP contribution in [-0.4, -0.2) is 18.6 Å². The van der Waals surface area contributed by atoms with E-state index in [1.165, 1.54) is 0 Å². The predicted octanol–water partition coefficient (Wildman–Crippen LogP) is 2.39. The normalized spacial score (nSPS) is 12.3. The first-order chi connectivity index (χ1) is 9.08. The molecule has 4 heteroatoms. The van der Waals surface area contributed by atoms with Gasteiger partial charge in [-0.3, -0.25) is 4.79 Å². The number of hydrogen-bond acceptors (Lipinski definition) is 3. The van der Waals surface area contributed by atoms with E-state index in [1.807, 2.05) is 31.2 Å². The smallest absolute Gasteiger partial charge is 0.258 e. The van der Waals surface area contributed by atoms with E-state index >= 15 is 0 Å². The highest BCUT2D eigenvalue weighted by atomic mass is 16.5. The van der Waals surface area contributed by atoms with Crippen molar-refractivity contribution in [2.75, 3.05) is 6.61 Å². The van der Waals surface area contributed by atoms with Crippen molar-refractivity contribution in [2.24, 2.45) is 5.73 Å². The van der Waals surface area contributed by atoms with Gasteiger partial charge in [0.25, 0.3) is 5.91 Å². The zero-order valence-electron chi connectivity index (χ0n) is 12.0. The van der Waals surface area contributed by atoms with Crippen LogP contribution >= 0.6 is 0 Å². The van der Waals surface area contributed by atoms with Gasteiger partial charge in [0.2, 0.25) is 0 Å². The molecule has 0 bridgehead atoms. The van der Waals surface area contributed by atoms with Gasteiger partial charge in [-0.25, -0.2) is 0 Å². The Bertz CT molecular complexity index is 401. The first-order valence-electron chi connectivity index (χ1n) is 6.85. The lowest BCUT2D eigenvalue weighted by Gasteiger charge is -2.16. The summed E-state index contributed by atoms with van der Waals surface area (Å²) in [5.74, 6) is 0.588. The molecule has 0 spiro atoms. The molecule has 0 unspecified atom stereocenters. The zero-order chi connectivity index (χ0) is 14.3. The summed E-state index contributed by atoms with van der Waals surface area (Å²) in [6, 6.07) is 7.65. The summed E-state index contributed by atoms with van der Waals surface area (Å²) in [5.41, 5.74) is 6.78. The minimum Gasteiger partial charge on any atom is -0.483 e. The predicted molar refractivity (Wildman–Crippen MR) is 77.1 cm³/mol. The molecule has 1 rings (SSSR count). The van der Waals surface area contributed by atoms with E-state index in [0.29, 0.717) is 5.75 Å². The quantitative estimate of drug-likeness (QED) is 0.794. The number of amides is 1. The lowest BCUT2D eigenvalue weighted by atomic mass is 10.1. The molecule has 1 aromatic rings. The monoisotopic (exact) mass is 264 g/mol. The van der Waals surface area contributed by atoms with Crippen LogP contribution in [0.25, 0.3) is 0 Å². The molecule has 0 aliphatic carbocycles. The fraction of sp³-hybridized carbons (Fsp3) is 0.533. The van der Waals surface area contributed by atoms with Crippen LogP contribution in [0.3, 0.4) is 0 Å². The molecule has 0 aliphatic heterocycles.